The fraction of sp³-hybridized carbons (Fsp3) is 0.294. The van der Waals surface area contributed by atoms with Crippen LogP contribution in [0.3, 0.4) is 0 Å². The Hall–Kier alpha value is -2.27. The number of rotatable bonds is 7. The van der Waals surface area contributed by atoms with Crippen LogP contribution in [-0.4, -0.2) is 27.0 Å². The van der Waals surface area contributed by atoms with E-state index >= 15 is 0 Å². The van der Waals surface area contributed by atoms with Crippen molar-refractivity contribution >= 4 is 28.4 Å². The molecule has 120 valence electrons. The van der Waals surface area contributed by atoms with Crippen LogP contribution in [0.5, 0.6) is 0 Å². The van der Waals surface area contributed by atoms with Crippen molar-refractivity contribution in [1.82, 2.24) is 19.9 Å². The summed E-state index contributed by atoms with van der Waals surface area (Å²) >= 11 is 6.04. The molecule has 1 aromatic carbocycles. The molecule has 3 aromatic rings. The lowest BCUT2D eigenvalue weighted by Crippen LogP contribution is -2.25. The monoisotopic (exact) mass is 330 g/mol. The third-order valence-corrected chi connectivity index (χ3v) is 4.06. The molecule has 0 aliphatic carbocycles. The van der Waals surface area contributed by atoms with E-state index in [1.807, 2.05) is 35.2 Å². The Morgan fingerprint density at radius 2 is 2.30 bits per heavy atom. The number of amides is 1. The topological polar surface area (TPSA) is 62.7 Å². The van der Waals surface area contributed by atoms with Crippen LogP contribution in [0, 0.1) is 0 Å². The molecule has 0 aliphatic rings. The van der Waals surface area contributed by atoms with Gasteiger partial charge in [0.2, 0.25) is 5.91 Å². The van der Waals surface area contributed by atoms with Crippen LogP contribution in [-0.2, 0) is 17.8 Å². The summed E-state index contributed by atoms with van der Waals surface area (Å²) in [6.07, 6.45) is 9.51. The van der Waals surface area contributed by atoms with Gasteiger partial charge in [0.05, 0.1) is 6.33 Å². The molecule has 3 rings (SSSR count). The number of carbonyl (C=O) groups is 1. The number of halogens is 1. The zero-order valence-electron chi connectivity index (χ0n) is 12.8. The third kappa shape index (κ3) is 4.13. The fourth-order valence-electron chi connectivity index (χ4n) is 2.62. The highest BCUT2D eigenvalue weighted by Crippen LogP contribution is 2.22. The fourth-order valence-corrected chi connectivity index (χ4v) is 2.80. The number of imidazole rings is 1. The van der Waals surface area contributed by atoms with Crippen molar-refractivity contribution in [1.29, 1.82) is 0 Å². The molecule has 2 heterocycles. The zero-order valence-corrected chi connectivity index (χ0v) is 13.5. The second-order valence-electron chi connectivity index (χ2n) is 5.51. The Morgan fingerprint density at radius 3 is 3.13 bits per heavy atom. The van der Waals surface area contributed by atoms with Gasteiger partial charge in [-0.15, -0.1) is 0 Å². The number of nitrogens with one attached hydrogen (secondary N) is 2. The van der Waals surface area contributed by atoms with Gasteiger partial charge in [-0.2, -0.15) is 0 Å². The normalized spacial score (nSPS) is 11.0. The maximum atomic E-state index is 11.9. The van der Waals surface area contributed by atoms with Crippen LogP contribution in [0.1, 0.15) is 18.4 Å². The highest BCUT2D eigenvalue weighted by Gasteiger charge is 2.06. The molecule has 0 radical (unpaired) electrons. The van der Waals surface area contributed by atoms with Gasteiger partial charge in [0.15, 0.2) is 0 Å². The van der Waals surface area contributed by atoms with Crippen molar-refractivity contribution in [3.8, 4) is 0 Å². The number of aryl methyl sites for hydroxylation is 1. The summed E-state index contributed by atoms with van der Waals surface area (Å²) < 4.78 is 1.98. The minimum absolute atomic E-state index is 0.0861. The molecular weight excluding hydrogens is 312 g/mol. The Kier molecular flexibility index (Phi) is 4.98. The van der Waals surface area contributed by atoms with E-state index in [-0.39, 0.29) is 5.91 Å². The van der Waals surface area contributed by atoms with Crippen LogP contribution in [0.2, 0.25) is 5.02 Å². The third-order valence-electron chi connectivity index (χ3n) is 3.83. The van der Waals surface area contributed by atoms with E-state index in [0.29, 0.717) is 13.0 Å². The van der Waals surface area contributed by atoms with Gasteiger partial charge in [0.25, 0.3) is 0 Å². The average molecular weight is 331 g/mol. The maximum Gasteiger partial charge on any atom is 0.220 e. The smallest absolute Gasteiger partial charge is 0.220 e. The van der Waals surface area contributed by atoms with E-state index in [0.717, 1.165) is 35.3 Å². The van der Waals surface area contributed by atoms with Gasteiger partial charge in [-0.25, -0.2) is 4.98 Å². The molecule has 0 aliphatic heterocycles. The van der Waals surface area contributed by atoms with Gasteiger partial charge < -0.3 is 14.9 Å². The molecule has 23 heavy (non-hydrogen) atoms. The first-order valence-corrected chi connectivity index (χ1v) is 8.08. The quantitative estimate of drug-likeness (QED) is 0.699. The Labute approximate surface area is 139 Å². The number of fused-ring (bicyclic) bond motifs is 1. The number of carbonyl (C=O) groups excluding carboxylic acids is 1. The number of nitrogens with zero attached hydrogens (tertiary/aromatic N) is 2. The van der Waals surface area contributed by atoms with Gasteiger partial charge in [0.1, 0.15) is 0 Å². The van der Waals surface area contributed by atoms with Gasteiger partial charge >= 0.3 is 0 Å². The van der Waals surface area contributed by atoms with Gasteiger partial charge in [-0.1, -0.05) is 11.6 Å². The van der Waals surface area contributed by atoms with Crippen molar-refractivity contribution in [2.75, 3.05) is 6.54 Å². The van der Waals surface area contributed by atoms with Crippen LogP contribution >= 0.6 is 11.6 Å². The molecule has 0 saturated carbocycles. The molecule has 1 amide bonds. The molecule has 0 spiro atoms. The first kappa shape index (κ1) is 15.6. The molecular formula is C17H19ClN4O. The molecule has 2 aromatic heterocycles. The minimum Gasteiger partial charge on any atom is -0.361 e. The van der Waals surface area contributed by atoms with Crippen LogP contribution in [0.4, 0.5) is 0 Å². The zero-order chi connectivity index (χ0) is 16.1. The Bertz CT molecular complexity index is 779. The minimum atomic E-state index is 0.0861. The largest absolute Gasteiger partial charge is 0.361 e. The van der Waals surface area contributed by atoms with Gasteiger partial charge in [-0.3, -0.25) is 4.79 Å². The molecule has 0 unspecified atom stereocenters. The first-order chi connectivity index (χ1) is 11.2. The van der Waals surface area contributed by atoms with Crippen molar-refractivity contribution < 1.29 is 4.79 Å². The SMILES string of the molecule is O=C(CCCn1ccnc1)NCCc1c[nH]c2ccc(Cl)cc12. The van der Waals surface area contributed by atoms with Crippen LogP contribution in [0.25, 0.3) is 10.9 Å². The summed E-state index contributed by atoms with van der Waals surface area (Å²) in [7, 11) is 0. The van der Waals surface area contributed by atoms with Gasteiger partial charge in [-0.05, 0) is 36.6 Å². The molecule has 0 atom stereocenters. The first-order valence-electron chi connectivity index (χ1n) is 7.70. The van der Waals surface area contributed by atoms with Crippen molar-refractivity contribution in [3.63, 3.8) is 0 Å². The van der Waals surface area contributed by atoms with Crippen molar-refractivity contribution in [3.05, 3.63) is 53.7 Å². The summed E-state index contributed by atoms with van der Waals surface area (Å²) in [5.41, 5.74) is 2.23. The summed E-state index contributed by atoms with van der Waals surface area (Å²) in [5.74, 6) is 0.0861. The van der Waals surface area contributed by atoms with Crippen LogP contribution < -0.4 is 5.32 Å². The predicted molar refractivity (Wildman–Crippen MR) is 91.5 cm³/mol. The lowest BCUT2D eigenvalue weighted by atomic mass is 10.1. The number of hydrogen-bond acceptors (Lipinski definition) is 2. The Balaban J connectivity index is 1.43. The lowest BCUT2D eigenvalue weighted by Gasteiger charge is -2.05. The van der Waals surface area contributed by atoms with E-state index in [2.05, 4.69) is 15.3 Å². The standard InChI is InChI=1S/C17H19ClN4O/c18-14-3-4-16-15(10-14)13(11-21-16)5-6-20-17(23)2-1-8-22-9-7-19-12-22/h3-4,7,9-12,21H,1-2,5-6,8H2,(H,20,23). The Morgan fingerprint density at radius 1 is 1.39 bits per heavy atom. The molecule has 6 heteroatoms. The summed E-state index contributed by atoms with van der Waals surface area (Å²) in [5, 5.41) is 4.81. The lowest BCUT2D eigenvalue weighted by molar-refractivity contribution is -0.121. The van der Waals surface area contributed by atoms with E-state index < -0.39 is 0 Å². The van der Waals surface area contributed by atoms with E-state index in [4.69, 9.17) is 11.6 Å². The summed E-state index contributed by atoms with van der Waals surface area (Å²) in [6.45, 7) is 1.44. The molecule has 0 bridgehead atoms. The second-order valence-corrected chi connectivity index (χ2v) is 5.94. The van der Waals surface area contributed by atoms with Crippen molar-refractivity contribution in [2.45, 2.75) is 25.8 Å². The average Bonchev–Trinajstić information content (AvgIpc) is 3.17. The number of hydrogen-bond donors (Lipinski definition) is 2. The molecule has 5 nitrogen and oxygen atoms in total. The molecule has 2 N–H and O–H groups in total. The van der Waals surface area contributed by atoms with E-state index in [1.165, 1.54) is 5.56 Å². The number of H-pyrrole nitrogens is 1. The highest BCUT2D eigenvalue weighted by atomic mass is 35.5. The van der Waals surface area contributed by atoms with E-state index in [9.17, 15) is 4.79 Å². The molecule has 0 fully saturated rings. The maximum absolute atomic E-state index is 11.9. The highest BCUT2D eigenvalue weighted by molar-refractivity contribution is 6.31. The number of aromatic nitrogens is 3. The molecule has 0 saturated heterocycles. The van der Waals surface area contributed by atoms with Gasteiger partial charge in [0, 0.05) is 54.0 Å². The van der Waals surface area contributed by atoms with E-state index in [1.54, 1.807) is 12.5 Å². The van der Waals surface area contributed by atoms with Crippen LogP contribution in [0.15, 0.2) is 43.1 Å². The summed E-state index contributed by atoms with van der Waals surface area (Å²) in [4.78, 5) is 19.1. The number of aromatic amines is 1. The number of benzene rings is 1. The second kappa shape index (κ2) is 7.33. The summed E-state index contributed by atoms with van der Waals surface area (Å²) in [6, 6.07) is 5.79. The predicted octanol–water partition coefficient (Wildman–Crippen LogP) is 3.16. The van der Waals surface area contributed by atoms with Crippen molar-refractivity contribution in [2.24, 2.45) is 0 Å².